The van der Waals surface area contributed by atoms with E-state index in [-0.39, 0.29) is 21.6 Å². The number of esters is 1. The summed E-state index contributed by atoms with van der Waals surface area (Å²) < 4.78 is 57.1. The van der Waals surface area contributed by atoms with Gasteiger partial charge in [-0.1, -0.05) is 0 Å². The summed E-state index contributed by atoms with van der Waals surface area (Å²) in [5.41, 5.74) is -0.679. The van der Waals surface area contributed by atoms with Crippen molar-refractivity contribution in [3.05, 3.63) is 21.0 Å². The number of carbonyl (C=O) groups is 1. The predicted molar refractivity (Wildman–Crippen MR) is 64.4 cm³/mol. The number of ether oxygens (including phenoxy) is 2. The second-order valence-electron chi connectivity index (χ2n) is 3.19. The van der Waals surface area contributed by atoms with Gasteiger partial charge in [0.25, 0.3) is 0 Å². The second-order valence-corrected chi connectivity index (χ2v) is 4.21. The van der Waals surface area contributed by atoms with Crippen molar-refractivity contribution in [2.24, 2.45) is 0 Å². The Bertz CT molecular complexity index is 479. The van der Waals surface area contributed by atoms with Gasteiger partial charge in [0, 0.05) is 5.56 Å². The highest BCUT2D eigenvalue weighted by Gasteiger charge is 2.33. The van der Waals surface area contributed by atoms with E-state index in [0.29, 0.717) is 0 Å². The fourth-order valence-electron chi connectivity index (χ4n) is 1.19. The van der Waals surface area contributed by atoms with Crippen molar-refractivity contribution in [3.8, 4) is 5.75 Å². The monoisotopic (exact) mass is 393 g/mol. The minimum absolute atomic E-state index is 0.0453. The number of rotatable bonds is 4. The largest absolute Gasteiger partial charge is 0.573 e. The third kappa shape index (κ3) is 4.48. The summed E-state index contributed by atoms with van der Waals surface area (Å²) in [6.07, 6.45) is -4.92. The molecule has 0 unspecified atom stereocenters. The molecule has 0 radical (unpaired) electrons. The van der Waals surface area contributed by atoms with Gasteiger partial charge in [0.05, 0.1) is 6.61 Å². The van der Waals surface area contributed by atoms with Crippen molar-refractivity contribution >= 4 is 28.6 Å². The average Bonchev–Trinajstić information content (AvgIpc) is 2.29. The molecule has 0 N–H and O–H groups in total. The topological polar surface area (TPSA) is 48.4 Å². The number of hydrogen-bond donors (Lipinski definition) is 0. The molecule has 0 saturated heterocycles. The number of carbonyl (C=O) groups excluding carboxylic acids is 1. The van der Waals surface area contributed by atoms with E-state index < -0.39 is 24.8 Å². The van der Waals surface area contributed by atoms with Gasteiger partial charge in [-0.25, -0.2) is 14.2 Å². The van der Waals surface area contributed by atoms with Gasteiger partial charge in [0.1, 0.15) is 10.4 Å². The fraction of sp³-hybridized carbons (Fsp3) is 0.400. The van der Waals surface area contributed by atoms with Crippen molar-refractivity contribution in [1.82, 2.24) is 4.98 Å². The number of alkyl halides is 4. The van der Waals surface area contributed by atoms with Crippen LogP contribution in [-0.4, -0.2) is 23.9 Å². The Morgan fingerprint density at radius 3 is 2.58 bits per heavy atom. The first-order valence-corrected chi connectivity index (χ1v) is 6.04. The zero-order valence-electron chi connectivity index (χ0n) is 9.55. The molecule has 0 bridgehead atoms. The summed E-state index contributed by atoms with van der Waals surface area (Å²) >= 11 is 1.45. The number of halogens is 5. The molecule has 19 heavy (non-hydrogen) atoms. The Balaban J connectivity index is 3.17. The lowest BCUT2D eigenvalue weighted by Crippen LogP contribution is -2.19. The zero-order chi connectivity index (χ0) is 14.6. The quantitative estimate of drug-likeness (QED) is 0.341. The van der Waals surface area contributed by atoms with Gasteiger partial charge in [0.15, 0.2) is 11.4 Å². The molecule has 0 spiro atoms. The predicted octanol–water partition coefficient (Wildman–Crippen LogP) is 3.23. The molecule has 1 aromatic rings. The summed E-state index contributed by atoms with van der Waals surface area (Å²) in [6, 6.07) is 0.786. The maximum atomic E-state index is 12.7. The molecule has 1 rings (SSSR count). The number of pyridine rings is 1. The van der Waals surface area contributed by atoms with E-state index in [1.807, 2.05) is 0 Å². The van der Waals surface area contributed by atoms with E-state index in [0.717, 1.165) is 6.07 Å². The van der Waals surface area contributed by atoms with E-state index in [1.54, 1.807) is 6.92 Å². The molecular formula is C10H8F4INO3. The van der Waals surface area contributed by atoms with Crippen LogP contribution in [0.2, 0.25) is 0 Å². The number of nitrogens with zero attached hydrogens (tertiary/aromatic N) is 1. The molecule has 0 atom stereocenters. The van der Waals surface area contributed by atoms with E-state index in [4.69, 9.17) is 0 Å². The van der Waals surface area contributed by atoms with Gasteiger partial charge in [-0.15, -0.1) is 13.2 Å². The molecule has 0 fully saturated rings. The number of aromatic nitrogens is 1. The highest BCUT2D eigenvalue weighted by atomic mass is 127. The third-order valence-corrected chi connectivity index (χ3v) is 2.63. The van der Waals surface area contributed by atoms with Crippen LogP contribution in [0.1, 0.15) is 23.0 Å². The lowest BCUT2D eigenvalue weighted by molar-refractivity contribution is -0.275. The van der Waals surface area contributed by atoms with Crippen LogP contribution in [-0.2, 0) is 11.4 Å². The Morgan fingerprint density at radius 1 is 1.47 bits per heavy atom. The van der Waals surface area contributed by atoms with Crippen LogP contribution in [0.15, 0.2) is 6.07 Å². The third-order valence-electron chi connectivity index (χ3n) is 1.86. The summed E-state index contributed by atoms with van der Waals surface area (Å²) in [4.78, 5) is 15.0. The van der Waals surface area contributed by atoms with E-state index in [2.05, 4.69) is 14.5 Å². The molecular weight excluding hydrogens is 385 g/mol. The van der Waals surface area contributed by atoms with E-state index in [9.17, 15) is 22.4 Å². The zero-order valence-corrected chi connectivity index (χ0v) is 11.7. The fourth-order valence-corrected chi connectivity index (χ4v) is 1.69. The Labute approximate surface area is 119 Å². The first-order valence-electron chi connectivity index (χ1n) is 4.96. The summed E-state index contributed by atoms with van der Waals surface area (Å²) in [6.45, 7) is 0.426. The van der Waals surface area contributed by atoms with Crippen molar-refractivity contribution in [3.63, 3.8) is 0 Å². The normalized spacial score (nSPS) is 11.3. The summed E-state index contributed by atoms with van der Waals surface area (Å²) in [5, 5.41) is 0. The number of hydrogen-bond acceptors (Lipinski definition) is 4. The Kier molecular flexibility index (Phi) is 5.32. The molecule has 0 amide bonds. The molecule has 0 aliphatic carbocycles. The molecule has 106 valence electrons. The minimum atomic E-state index is -4.92. The van der Waals surface area contributed by atoms with Crippen LogP contribution < -0.4 is 4.74 Å². The molecule has 0 aliphatic heterocycles. The highest BCUT2D eigenvalue weighted by molar-refractivity contribution is 14.1. The van der Waals surface area contributed by atoms with Crippen molar-refractivity contribution in [2.75, 3.05) is 6.61 Å². The molecule has 1 heterocycles. The maximum Gasteiger partial charge on any atom is 0.573 e. The van der Waals surface area contributed by atoms with Gasteiger partial charge in [0.2, 0.25) is 0 Å². The smallest absolute Gasteiger partial charge is 0.461 e. The Hall–Kier alpha value is -1.13. The standard InChI is InChI=1S/C10H8F4INO3/c1-2-18-9(17)7-5(4-11)3-6(8(15)16-7)19-10(12,13)14/h3H,2,4H2,1H3. The first-order chi connectivity index (χ1) is 8.78. The van der Waals surface area contributed by atoms with Gasteiger partial charge < -0.3 is 9.47 Å². The molecule has 1 aromatic heterocycles. The van der Waals surface area contributed by atoms with Crippen LogP contribution in [0.25, 0.3) is 0 Å². The molecule has 0 saturated carbocycles. The molecule has 0 aliphatic rings. The van der Waals surface area contributed by atoms with Crippen molar-refractivity contribution in [2.45, 2.75) is 20.0 Å². The van der Waals surface area contributed by atoms with E-state index >= 15 is 0 Å². The van der Waals surface area contributed by atoms with Crippen LogP contribution in [0.3, 0.4) is 0 Å². The lowest BCUT2D eigenvalue weighted by atomic mass is 10.2. The van der Waals surface area contributed by atoms with Gasteiger partial charge in [-0.3, -0.25) is 0 Å². The molecule has 0 aromatic carbocycles. The Morgan fingerprint density at radius 2 is 2.11 bits per heavy atom. The average molecular weight is 393 g/mol. The van der Waals surface area contributed by atoms with Gasteiger partial charge >= 0.3 is 12.3 Å². The minimum Gasteiger partial charge on any atom is -0.461 e. The maximum absolute atomic E-state index is 12.7. The van der Waals surface area contributed by atoms with Crippen LogP contribution in [0.4, 0.5) is 17.6 Å². The van der Waals surface area contributed by atoms with Crippen LogP contribution in [0.5, 0.6) is 5.75 Å². The first kappa shape index (κ1) is 15.9. The second kappa shape index (κ2) is 6.35. The van der Waals surface area contributed by atoms with Crippen LogP contribution in [0, 0.1) is 3.70 Å². The van der Waals surface area contributed by atoms with Crippen molar-refractivity contribution < 1.29 is 31.8 Å². The SMILES string of the molecule is CCOC(=O)c1nc(I)c(OC(F)(F)F)cc1CF. The highest BCUT2D eigenvalue weighted by Crippen LogP contribution is 2.29. The van der Waals surface area contributed by atoms with Gasteiger partial charge in [-0.2, -0.15) is 0 Å². The van der Waals surface area contributed by atoms with E-state index in [1.165, 1.54) is 22.6 Å². The van der Waals surface area contributed by atoms with Crippen LogP contribution >= 0.6 is 22.6 Å². The summed E-state index contributed by atoms with van der Waals surface area (Å²) in [7, 11) is 0. The molecule has 4 nitrogen and oxygen atoms in total. The van der Waals surface area contributed by atoms with Gasteiger partial charge in [-0.05, 0) is 35.6 Å². The summed E-state index contributed by atoms with van der Waals surface area (Å²) in [5.74, 6) is -1.56. The lowest BCUT2D eigenvalue weighted by Gasteiger charge is -2.12. The van der Waals surface area contributed by atoms with Crippen molar-refractivity contribution in [1.29, 1.82) is 0 Å². The molecule has 9 heteroatoms.